The Bertz CT molecular complexity index is 608. The molecule has 0 aliphatic heterocycles. The molecule has 8 nitrogen and oxygen atoms in total. The van der Waals surface area contributed by atoms with Gasteiger partial charge in [-0.2, -0.15) is 5.10 Å². The first kappa shape index (κ1) is 14.1. The number of carboxylic acids is 1. The fourth-order valence-electron chi connectivity index (χ4n) is 1.55. The predicted octanol–water partition coefficient (Wildman–Crippen LogP) is 0.448. The van der Waals surface area contributed by atoms with Gasteiger partial charge in [0, 0.05) is 6.42 Å². The summed E-state index contributed by atoms with van der Waals surface area (Å²) in [6.45, 7) is 2.31. The highest BCUT2D eigenvalue weighted by Crippen LogP contribution is 2.17. The molecule has 0 spiro atoms. The van der Waals surface area contributed by atoms with E-state index in [-0.39, 0.29) is 23.7 Å². The second-order valence-corrected chi connectivity index (χ2v) is 5.10. The van der Waals surface area contributed by atoms with Crippen molar-refractivity contribution >= 4 is 23.2 Å². The Kier molecular flexibility index (Phi) is 4.41. The number of amides is 1. The second kappa shape index (κ2) is 6.24. The lowest BCUT2D eigenvalue weighted by atomic mass is 10.4. The Morgan fingerprint density at radius 1 is 1.50 bits per heavy atom. The normalized spacial score (nSPS) is 10.4. The summed E-state index contributed by atoms with van der Waals surface area (Å²) in [5.74, 6) is -1.14. The zero-order valence-electron chi connectivity index (χ0n) is 10.7. The number of nitrogens with one attached hydrogen (secondary N) is 1. The average Bonchev–Trinajstić information content (AvgIpc) is 3.03. The van der Waals surface area contributed by atoms with Gasteiger partial charge in [0.05, 0.1) is 18.8 Å². The van der Waals surface area contributed by atoms with E-state index >= 15 is 0 Å². The summed E-state index contributed by atoms with van der Waals surface area (Å²) >= 11 is 1.07. The SMILES string of the molecule is Cc1nc(CNC(=O)CCn2cncn2)sc1C(=O)O. The minimum absolute atomic E-state index is 0.148. The lowest BCUT2D eigenvalue weighted by Crippen LogP contribution is -2.23. The maximum absolute atomic E-state index is 11.6. The van der Waals surface area contributed by atoms with Gasteiger partial charge in [0.1, 0.15) is 22.5 Å². The molecule has 0 fully saturated rings. The second-order valence-electron chi connectivity index (χ2n) is 4.01. The van der Waals surface area contributed by atoms with E-state index in [0.717, 1.165) is 11.3 Å². The van der Waals surface area contributed by atoms with Crippen molar-refractivity contribution in [2.24, 2.45) is 0 Å². The van der Waals surface area contributed by atoms with Crippen molar-refractivity contribution in [2.45, 2.75) is 26.4 Å². The molecule has 2 aromatic rings. The Hall–Kier alpha value is -2.29. The lowest BCUT2D eigenvalue weighted by molar-refractivity contribution is -0.121. The third-order valence-corrected chi connectivity index (χ3v) is 3.65. The van der Waals surface area contributed by atoms with Crippen molar-refractivity contribution in [1.29, 1.82) is 0 Å². The highest BCUT2D eigenvalue weighted by Gasteiger charge is 2.14. The number of aromatic carboxylic acids is 1. The van der Waals surface area contributed by atoms with E-state index in [0.29, 0.717) is 17.2 Å². The average molecular weight is 295 g/mol. The van der Waals surface area contributed by atoms with Crippen LogP contribution in [0.1, 0.15) is 26.8 Å². The third kappa shape index (κ3) is 3.60. The molecule has 2 N–H and O–H groups in total. The van der Waals surface area contributed by atoms with Crippen LogP contribution in [0.5, 0.6) is 0 Å². The lowest BCUT2D eigenvalue weighted by Gasteiger charge is -2.02. The molecule has 0 aromatic carbocycles. The molecule has 0 unspecified atom stereocenters. The number of hydrogen-bond donors (Lipinski definition) is 2. The van der Waals surface area contributed by atoms with Gasteiger partial charge in [-0.1, -0.05) is 0 Å². The van der Waals surface area contributed by atoms with Crippen molar-refractivity contribution in [1.82, 2.24) is 25.1 Å². The van der Waals surface area contributed by atoms with Crippen LogP contribution in [0, 0.1) is 6.92 Å². The first-order chi connectivity index (χ1) is 9.56. The molecule has 0 atom stereocenters. The zero-order valence-corrected chi connectivity index (χ0v) is 11.6. The number of carboxylic acid groups (broad SMARTS) is 1. The third-order valence-electron chi connectivity index (χ3n) is 2.51. The molecule has 1 amide bonds. The number of aromatic nitrogens is 4. The van der Waals surface area contributed by atoms with Gasteiger partial charge in [0.2, 0.25) is 5.91 Å². The highest BCUT2D eigenvalue weighted by molar-refractivity contribution is 7.13. The predicted molar refractivity (Wildman–Crippen MR) is 70.3 cm³/mol. The summed E-state index contributed by atoms with van der Waals surface area (Å²) in [6.07, 6.45) is 3.22. The van der Waals surface area contributed by atoms with Gasteiger partial charge in [-0.05, 0) is 6.92 Å². The van der Waals surface area contributed by atoms with Crippen molar-refractivity contribution in [3.05, 3.63) is 28.2 Å². The smallest absolute Gasteiger partial charge is 0.347 e. The summed E-state index contributed by atoms with van der Waals surface area (Å²) in [5.41, 5.74) is 0.467. The van der Waals surface area contributed by atoms with Gasteiger partial charge in [-0.25, -0.2) is 14.8 Å². The fraction of sp³-hybridized carbons (Fsp3) is 0.364. The highest BCUT2D eigenvalue weighted by atomic mass is 32.1. The van der Waals surface area contributed by atoms with Gasteiger partial charge in [-0.3, -0.25) is 9.48 Å². The van der Waals surface area contributed by atoms with Crippen LogP contribution in [0.2, 0.25) is 0 Å². The molecular weight excluding hydrogens is 282 g/mol. The van der Waals surface area contributed by atoms with Gasteiger partial charge in [0.25, 0.3) is 0 Å². The largest absolute Gasteiger partial charge is 0.477 e. The number of carbonyl (C=O) groups excluding carboxylic acids is 1. The van der Waals surface area contributed by atoms with E-state index in [2.05, 4.69) is 20.4 Å². The fourth-order valence-corrected chi connectivity index (χ4v) is 2.40. The minimum atomic E-state index is -0.997. The Balaban J connectivity index is 1.81. The molecule has 2 aromatic heterocycles. The molecule has 2 rings (SSSR count). The first-order valence-corrected chi connectivity index (χ1v) is 6.66. The minimum Gasteiger partial charge on any atom is -0.477 e. The Morgan fingerprint density at radius 2 is 2.30 bits per heavy atom. The maximum Gasteiger partial charge on any atom is 0.347 e. The van der Waals surface area contributed by atoms with E-state index in [4.69, 9.17) is 5.11 Å². The van der Waals surface area contributed by atoms with E-state index < -0.39 is 5.97 Å². The Morgan fingerprint density at radius 3 is 2.90 bits per heavy atom. The molecule has 106 valence electrons. The molecule has 0 saturated heterocycles. The van der Waals surface area contributed by atoms with Crippen LogP contribution < -0.4 is 5.32 Å². The number of rotatable bonds is 6. The first-order valence-electron chi connectivity index (χ1n) is 5.85. The van der Waals surface area contributed by atoms with Crippen molar-refractivity contribution in [2.75, 3.05) is 0 Å². The van der Waals surface area contributed by atoms with E-state index in [9.17, 15) is 9.59 Å². The number of aryl methyl sites for hydroxylation is 2. The van der Waals surface area contributed by atoms with Gasteiger partial charge >= 0.3 is 5.97 Å². The summed E-state index contributed by atoms with van der Waals surface area (Å²) in [7, 11) is 0. The molecule has 20 heavy (non-hydrogen) atoms. The summed E-state index contributed by atoms with van der Waals surface area (Å²) < 4.78 is 1.57. The molecule has 9 heteroatoms. The molecule has 0 saturated carbocycles. The van der Waals surface area contributed by atoms with Crippen LogP contribution in [0.4, 0.5) is 0 Å². The Labute approximate surface area is 118 Å². The zero-order chi connectivity index (χ0) is 14.5. The topological polar surface area (TPSA) is 110 Å². The monoisotopic (exact) mass is 295 g/mol. The van der Waals surface area contributed by atoms with Gasteiger partial charge < -0.3 is 10.4 Å². The van der Waals surface area contributed by atoms with Crippen LogP contribution in [-0.4, -0.2) is 36.7 Å². The van der Waals surface area contributed by atoms with E-state index in [1.54, 1.807) is 11.6 Å². The summed E-state index contributed by atoms with van der Waals surface area (Å²) in [5, 5.41) is 16.1. The maximum atomic E-state index is 11.6. The van der Waals surface area contributed by atoms with Crippen molar-refractivity contribution < 1.29 is 14.7 Å². The van der Waals surface area contributed by atoms with Crippen LogP contribution in [0.3, 0.4) is 0 Å². The standard InChI is InChI=1S/C11H13N5O3S/c1-7-10(11(18)19)20-9(15-7)4-13-8(17)2-3-16-6-12-5-14-16/h5-6H,2-4H2,1H3,(H,13,17)(H,18,19). The van der Waals surface area contributed by atoms with E-state index in [1.165, 1.54) is 12.7 Å². The van der Waals surface area contributed by atoms with Crippen LogP contribution in [-0.2, 0) is 17.9 Å². The number of nitrogens with zero attached hydrogens (tertiary/aromatic N) is 4. The van der Waals surface area contributed by atoms with Crippen molar-refractivity contribution in [3.8, 4) is 0 Å². The number of hydrogen-bond acceptors (Lipinski definition) is 6. The molecule has 2 heterocycles. The molecule has 0 aliphatic rings. The molecule has 0 aliphatic carbocycles. The number of thiazole rings is 1. The van der Waals surface area contributed by atoms with Crippen molar-refractivity contribution in [3.63, 3.8) is 0 Å². The van der Waals surface area contributed by atoms with E-state index in [1.807, 2.05) is 0 Å². The quantitative estimate of drug-likeness (QED) is 0.800. The van der Waals surface area contributed by atoms with Gasteiger partial charge in [-0.15, -0.1) is 11.3 Å². The van der Waals surface area contributed by atoms with Crippen LogP contribution >= 0.6 is 11.3 Å². The van der Waals surface area contributed by atoms with Crippen LogP contribution in [0.15, 0.2) is 12.7 Å². The summed E-state index contributed by atoms with van der Waals surface area (Å²) in [4.78, 5) is 30.6. The molecule has 0 bridgehead atoms. The van der Waals surface area contributed by atoms with Crippen LogP contribution in [0.25, 0.3) is 0 Å². The number of carbonyl (C=O) groups is 2. The summed E-state index contributed by atoms with van der Waals surface area (Å²) in [6, 6.07) is 0. The molecule has 0 radical (unpaired) electrons. The van der Waals surface area contributed by atoms with Gasteiger partial charge in [0.15, 0.2) is 0 Å². The molecular formula is C11H13N5O3S.